The van der Waals surface area contributed by atoms with E-state index >= 15 is 0 Å². The highest BCUT2D eigenvalue weighted by Gasteiger charge is 2.64. The lowest BCUT2D eigenvalue weighted by molar-refractivity contribution is -0.933. The zero-order valence-electron chi connectivity index (χ0n) is 21.8. The number of pyridine rings is 2. The summed E-state index contributed by atoms with van der Waals surface area (Å²) in [6.07, 6.45) is 6.94. The predicted octanol–water partition coefficient (Wildman–Crippen LogP) is 7.17. The fourth-order valence-corrected chi connectivity index (χ4v) is 9.36. The Morgan fingerprint density at radius 1 is 0.600 bits per heavy atom. The first-order valence-corrected chi connectivity index (χ1v) is 15.2. The molecule has 0 spiro atoms. The molecule has 5 heteroatoms. The van der Waals surface area contributed by atoms with Gasteiger partial charge in [0.1, 0.15) is 10.3 Å². The smallest absolute Gasteiger partial charge is 0.139 e. The van der Waals surface area contributed by atoms with Crippen LogP contribution in [-0.2, 0) is 5.66 Å². The van der Waals surface area contributed by atoms with Gasteiger partial charge in [0.15, 0.2) is 12.4 Å². The minimum atomic E-state index is -0.598. The quantitative estimate of drug-likeness (QED) is 0.163. The molecule has 0 bridgehead atoms. The fourth-order valence-electron chi connectivity index (χ4n) is 6.76. The van der Waals surface area contributed by atoms with Gasteiger partial charge in [0.2, 0.25) is 16.6 Å². The summed E-state index contributed by atoms with van der Waals surface area (Å²) in [5.74, 6) is 0. The summed E-state index contributed by atoms with van der Waals surface area (Å²) in [5, 5.41) is 2.50. The van der Waals surface area contributed by atoms with Crippen LogP contribution in [0, 0.1) is 6.92 Å². The summed E-state index contributed by atoms with van der Waals surface area (Å²) in [4.78, 5) is 1.29. The van der Waals surface area contributed by atoms with Gasteiger partial charge >= 0.3 is 9.81 Å². The fraction of sp³-hybridized carbons (Fsp3) is 0.0571. The van der Waals surface area contributed by atoms with Crippen LogP contribution in [0.5, 0.6) is 0 Å². The lowest BCUT2D eigenvalue weighted by Gasteiger charge is -2.21. The maximum absolute atomic E-state index is 2.53. The minimum Gasteiger partial charge on any atom is -0.139 e. The SMILES string of the molecule is Cc1ccccc1-c1ccccc1C1(c2c[n+]3c(s2)sc2ccccc23)[n+]2cccc3ccc4ccc[n+]1c4c32. The second kappa shape index (κ2) is 8.04. The molecule has 0 radical (unpaired) electrons. The maximum atomic E-state index is 2.53. The Kier molecular flexibility index (Phi) is 4.50. The van der Waals surface area contributed by atoms with E-state index in [0.717, 1.165) is 0 Å². The van der Waals surface area contributed by atoms with Crippen molar-refractivity contribution in [2.45, 2.75) is 12.6 Å². The van der Waals surface area contributed by atoms with Crippen LogP contribution in [-0.4, -0.2) is 0 Å². The number of hydrogen-bond donors (Lipinski definition) is 0. The molecule has 5 heterocycles. The molecule has 0 N–H and O–H groups in total. The van der Waals surface area contributed by atoms with Crippen molar-refractivity contribution in [3.8, 4) is 11.1 Å². The predicted molar refractivity (Wildman–Crippen MR) is 163 cm³/mol. The van der Waals surface area contributed by atoms with Gasteiger partial charge in [-0.25, -0.2) is 0 Å². The standard InChI is InChI=1S/C35H24N3S2/c1-23-10-2-3-13-26(23)27-14-4-5-15-28(27)35(31-22-36-29-16-6-7-17-30(29)39-34(36)40-31)37-20-8-11-24-18-19-25-12-9-21-38(35)33(25)32(24)37/h2-22H,1H3/q+3. The van der Waals surface area contributed by atoms with Crippen LogP contribution < -0.4 is 13.5 Å². The molecule has 0 aliphatic carbocycles. The van der Waals surface area contributed by atoms with Gasteiger partial charge in [0, 0.05) is 18.2 Å². The number of para-hydroxylation sites is 1. The summed E-state index contributed by atoms with van der Waals surface area (Å²) < 4.78 is 10.1. The average molecular weight is 551 g/mol. The highest BCUT2D eigenvalue weighted by atomic mass is 32.2. The van der Waals surface area contributed by atoms with Crippen molar-refractivity contribution in [3.63, 3.8) is 0 Å². The van der Waals surface area contributed by atoms with E-state index in [2.05, 4.69) is 148 Å². The van der Waals surface area contributed by atoms with Crippen molar-refractivity contribution in [2.24, 2.45) is 0 Å². The van der Waals surface area contributed by atoms with E-state index in [4.69, 9.17) is 0 Å². The molecule has 3 nitrogen and oxygen atoms in total. The number of aryl methyl sites for hydroxylation is 1. The first-order valence-electron chi connectivity index (χ1n) is 13.5. The second-order valence-corrected chi connectivity index (χ2v) is 12.9. The Morgan fingerprint density at radius 2 is 1.25 bits per heavy atom. The molecular formula is C35H24N3S2+3. The van der Waals surface area contributed by atoms with E-state index in [1.54, 1.807) is 0 Å². The van der Waals surface area contributed by atoms with Crippen LogP contribution in [0.3, 0.4) is 0 Å². The van der Waals surface area contributed by atoms with E-state index < -0.39 is 5.66 Å². The van der Waals surface area contributed by atoms with Gasteiger partial charge < -0.3 is 0 Å². The molecule has 1 aliphatic heterocycles. The molecule has 4 aromatic carbocycles. The molecule has 188 valence electrons. The van der Waals surface area contributed by atoms with Gasteiger partial charge in [0.25, 0.3) is 11.0 Å². The van der Waals surface area contributed by atoms with Gasteiger partial charge in [-0.3, -0.25) is 0 Å². The summed E-state index contributed by atoms with van der Waals surface area (Å²) >= 11 is 3.77. The first kappa shape index (κ1) is 22.4. The van der Waals surface area contributed by atoms with Crippen LogP contribution in [0.15, 0.2) is 128 Å². The molecule has 0 atom stereocenters. The lowest BCUT2D eigenvalue weighted by Crippen LogP contribution is -2.71. The summed E-state index contributed by atoms with van der Waals surface area (Å²) in [5.41, 5.74) is 8.28. The van der Waals surface area contributed by atoms with Gasteiger partial charge in [-0.05, 0) is 71.3 Å². The molecule has 1 aliphatic rings. The third-order valence-electron chi connectivity index (χ3n) is 8.46. The Morgan fingerprint density at radius 3 is 2.00 bits per heavy atom. The van der Waals surface area contributed by atoms with E-state index in [1.807, 2.05) is 22.7 Å². The summed E-state index contributed by atoms with van der Waals surface area (Å²) in [7, 11) is 0. The number of aromatic nitrogens is 3. The Hall–Kier alpha value is -4.45. The zero-order valence-corrected chi connectivity index (χ0v) is 23.4. The molecule has 40 heavy (non-hydrogen) atoms. The largest absolute Gasteiger partial charge is 0.432 e. The molecule has 0 fully saturated rings. The van der Waals surface area contributed by atoms with Crippen LogP contribution in [0.2, 0.25) is 0 Å². The van der Waals surface area contributed by atoms with Gasteiger partial charge in [-0.15, -0.1) is 13.5 Å². The minimum absolute atomic E-state index is 0.598. The normalized spacial score (nSPS) is 13.8. The summed E-state index contributed by atoms with van der Waals surface area (Å²) in [6.45, 7) is 2.22. The Balaban J connectivity index is 1.49. The van der Waals surface area contributed by atoms with Crippen molar-refractivity contribution in [2.75, 3.05) is 0 Å². The number of rotatable bonds is 3. The topological polar surface area (TPSA) is 11.9 Å². The van der Waals surface area contributed by atoms with Crippen molar-refractivity contribution in [3.05, 3.63) is 144 Å². The highest BCUT2D eigenvalue weighted by Crippen LogP contribution is 2.43. The van der Waals surface area contributed by atoms with Crippen molar-refractivity contribution < 1.29 is 13.5 Å². The van der Waals surface area contributed by atoms with E-state index in [9.17, 15) is 0 Å². The maximum Gasteiger partial charge on any atom is 0.432 e. The summed E-state index contributed by atoms with van der Waals surface area (Å²) in [6, 6.07) is 39.9. The first-order chi connectivity index (χ1) is 19.7. The van der Waals surface area contributed by atoms with E-state index in [-0.39, 0.29) is 0 Å². The van der Waals surface area contributed by atoms with E-state index in [0.29, 0.717) is 0 Å². The van der Waals surface area contributed by atoms with Crippen LogP contribution in [0.4, 0.5) is 0 Å². The monoisotopic (exact) mass is 550 g/mol. The number of thiazole rings is 2. The lowest BCUT2D eigenvalue weighted by atomic mass is 9.87. The van der Waals surface area contributed by atoms with Crippen molar-refractivity contribution in [1.82, 2.24) is 0 Å². The molecule has 0 unspecified atom stereocenters. The second-order valence-electron chi connectivity index (χ2n) is 10.5. The van der Waals surface area contributed by atoms with Gasteiger partial charge in [-0.2, -0.15) is 0 Å². The molecule has 0 amide bonds. The number of benzene rings is 4. The van der Waals surface area contributed by atoms with Crippen LogP contribution in [0.1, 0.15) is 16.0 Å². The van der Waals surface area contributed by atoms with Crippen molar-refractivity contribution in [1.29, 1.82) is 0 Å². The van der Waals surface area contributed by atoms with Crippen LogP contribution in [0.25, 0.3) is 47.3 Å². The van der Waals surface area contributed by atoms with Crippen molar-refractivity contribution >= 4 is 58.8 Å². The van der Waals surface area contributed by atoms with Crippen LogP contribution >= 0.6 is 22.7 Å². The average Bonchev–Trinajstić information content (AvgIpc) is 3.66. The number of nitrogens with zero attached hydrogens (tertiary/aromatic N) is 3. The Bertz CT molecular complexity index is 2250. The molecule has 0 saturated carbocycles. The third kappa shape index (κ3) is 2.76. The molecular weight excluding hydrogens is 527 g/mol. The van der Waals surface area contributed by atoms with E-state index in [1.165, 1.54) is 63.3 Å². The highest BCUT2D eigenvalue weighted by molar-refractivity contribution is 7.38. The Labute approximate surface area is 239 Å². The third-order valence-corrected chi connectivity index (χ3v) is 10.9. The van der Waals surface area contributed by atoms with Gasteiger partial charge in [-0.1, -0.05) is 65.9 Å². The molecule has 4 aromatic heterocycles. The van der Waals surface area contributed by atoms with Gasteiger partial charge in [0.05, 0.1) is 10.8 Å². The number of hydrogen-bond acceptors (Lipinski definition) is 2. The molecule has 0 saturated heterocycles. The molecule has 9 rings (SSSR count). The number of fused-ring (bicyclic) bond motifs is 3. The molecule has 8 aromatic rings. The zero-order chi connectivity index (χ0) is 26.4.